The van der Waals surface area contributed by atoms with E-state index in [2.05, 4.69) is 4.98 Å². The number of nitrogens with zero attached hydrogens (tertiary/aromatic N) is 1. The molecule has 1 aliphatic rings. The van der Waals surface area contributed by atoms with E-state index in [0.29, 0.717) is 12.2 Å². The van der Waals surface area contributed by atoms with Crippen LogP contribution in [-0.4, -0.2) is 11.0 Å². The molecule has 0 N–H and O–H groups in total. The van der Waals surface area contributed by atoms with Crippen molar-refractivity contribution in [2.75, 3.05) is 0 Å². The quantitative estimate of drug-likeness (QED) is 0.586. The minimum absolute atomic E-state index is 0.250. The Hall–Kier alpha value is -1.38. The highest BCUT2D eigenvalue weighted by molar-refractivity contribution is 5.92. The molecule has 0 aliphatic carbocycles. The van der Waals surface area contributed by atoms with Crippen LogP contribution >= 0.6 is 0 Å². The van der Waals surface area contributed by atoms with Crippen molar-refractivity contribution in [3.63, 3.8) is 0 Å². The average molecular weight is 163 g/mol. The molecule has 0 saturated heterocycles. The van der Waals surface area contributed by atoms with E-state index in [9.17, 15) is 4.79 Å². The number of aromatic nitrogens is 1. The second-order valence-corrected chi connectivity index (χ2v) is 2.73. The summed E-state index contributed by atoms with van der Waals surface area (Å²) < 4.78 is 4.82. The molecule has 2 heterocycles. The van der Waals surface area contributed by atoms with Crippen molar-refractivity contribution >= 4 is 5.97 Å². The van der Waals surface area contributed by atoms with Gasteiger partial charge in [0.15, 0.2) is 0 Å². The smallest absolute Gasteiger partial charge is 0.340 e. The normalized spacial score (nSPS) is 14.2. The number of fused-ring (bicyclic) bond motifs is 1. The predicted octanol–water partition coefficient (Wildman–Crippen LogP) is 1.31. The van der Waals surface area contributed by atoms with Crippen LogP contribution in [0.2, 0.25) is 0 Å². The molecule has 62 valence electrons. The van der Waals surface area contributed by atoms with Crippen LogP contribution in [0.4, 0.5) is 0 Å². The number of carbonyl (C=O) groups excluding carboxylic acids is 1. The van der Waals surface area contributed by atoms with Gasteiger partial charge in [0.05, 0.1) is 11.3 Å². The maximum absolute atomic E-state index is 11.0. The Morgan fingerprint density at radius 1 is 1.58 bits per heavy atom. The largest absolute Gasteiger partial charge is 0.456 e. The zero-order valence-electron chi connectivity index (χ0n) is 6.83. The molecule has 3 nitrogen and oxygen atoms in total. The Kier molecular flexibility index (Phi) is 1.57. The molecule has 2 rings (SSSR count). The highest BCUT2D eigenvalue weighted by atomic mass is 16.5. The van der Waals surface area contributed by atoms with E-state index in [4.69, 9.17) is 4.74 Å². The summed E-state index contributed by atoms with van der Waals surface area (Å²) in [7, 11) is 0. The van der Waals surface area contributed by atoms with Crippen molar-refractivity contribution < 1.29 is 9.53 Å². The number of rotatable bonds is 1. The lowest BCUT2D eigenvalue weighted by Gasteiger charge is -1.96. The minimum Gasteiger partial charge on any atom is -0.456 e. The summed E-state index contributed by atoms with van der Waals surface area (Å²) in [4.78, 5) is 15.3. The fraction of sp³-hybridized carbons (Fsp3) is 0.333. The van der Waals surface area contributed by atoms with Gasteiger partial charge in [-0.1, -0.05) is 6.92 Å². The van der Waals surface area contributed by atoms with E-state index in [1.165, 1.54) is 0 Å². The van der Waals surface area contributed by atoms with Crippen molar-refractivity contribution in [3.05, 3.63) is 29.1 Å². The number of pyridine rings is 1. The van der Waals surface area contributed by atoms with E-state index in [0.717, 1.165) is 17.8 Å². The number of hydrogen-bond donors (Lipinski definition) is 0. The zero-order chi connectivity index (χ0) is 8.55. The highest BCUT2D eigenvalue weighted by Crippen LogP contribution is 2.17. The third-order valence-electron chi connectivity index (χ3n) is 1.95. The van der Waals surface area contributed by atoms with Crippen LogP contribution in [0.5, 0.6) is 0 Å². The van der Waals surface area contributed by atoms with Gasteiger partial charge in [-0.3, -0.25) is 4.98 Å². The molecule has 0 atom stereocenters. The molecule has 0 amide bonds. The molecule has 0 radical (unpaired) electrons. The minimum atomic E-state index is -0.250. The lowest BCUT2D eigenvalue weighted by atomic mass is 10.2. The molecule has 0 spiro atoms. The van der Waals surface area contributed by atoms with Crippen LogP contribution < -0.4 is 0 Å². The van der Waals surface area contributed by atoms with Crippen LogP contribution in [-0.2, 0) is 17.8 Å². The fourth-order valence-corrected chi connectivity index (χ4v) is 1.25. The highest BCUT2D eigenvalue weighted by Gasteiger charge is 2.21. The Morgan fingerprint density at radius 2 is 2.42 bits per heavy atom. The summed E-state index contributed by atoms with van der Waals surface area (Å²) in [5.74, 6) is -0.250. The number of carbonyl (C=O) groups is 1. The first-order valence-corrected chi connectivity index (χ1v) is 3.97. The molecule has 0 aromatic carbocycles. The Labute approximate surface area is 70.4 Å². The van der Waals surface area contributed by atoms with E-state index in [1.54, 1.807) is 6.07 Å². The molecule has 3 heteroatoms. The van der Waals surface area contributed by atoms with Crippen molar-refractivity contribution in [1.29, 1.82) is 0 Å². The van der Waals surface area contributed by atoms with Crippen molar-refractivity contribution in [2.24, 2.45) is 0 Å². The summed E-state index contributed by atoms with van der Waals surface area (Å²) in [6.45, 7) is 2.37. The second-order valence-electron chi connectivity index (χ2n) is 2.73. The van der Waals surface area contributed by atoms with E-state index in [1.807, 2.05) is 13.0 Å². The molecule has 1 aromatic rings. The molecule has 0 bridgehead atoms. The zero-order valence-corrected chi connectivity index (χ0v) is 6.83. The van der Waals surface area contributed by atoms with Crippen molar-refractivity contribution in [3.8, 4) is 0 Å². The van der Waals surface area contributed by atoms with Crippen LogP contribution in [0.25, 0.3) is 0 Å². The monoisotopic (exact) mass is 163 g/mol. The average Bonchev–Trinajstić information content (AvgIpc) is 2.47. The number of esters is 1. The summed E-state index contributed by atoms with van der Waals surface area (Å²) in [5, 5.41) is 0. The lowest BCUT2D eigenvalue weighted by molar-refractivity contribution is 0.0533. The summed E-state index contributed by atoms with van der Waals surface area (Å²) in [6, 6.07) is 3.65. The standard InChI is InChI=1S/C9H9NO2/c1-2-6-3-4-7-8(10-6)5-12-9(7)11/h3-4H,2,5H2,1H3. The van der Waals surface area contributed by atoms with Gasteiger partial charge in [0.1, 0.15) is 6.61 Å². The third-order valence-corrected chi connectivity index (χ3v) is 1.95. The predicted molar refractivity (Wildman–Crippen MR) is 42.7 cm³/mol. The molecule has 1 aromatic heterocycles. The van der Waals surface area contributed by atoms with Crippen molar-refractivity contribution in [2.45, 2.75) is 20.0 Å². The van der Waals surface area contributed by atoms with Crippen LogP contribution in [0.1, 0.15) is 28.7 Å². The number of hydrogen-bond acceptors (Lipinski definition) is 3. The number of ether oxygens (including phenoxy) is 1. The Balaban J connectivity index is 2.48. The Morgan fingerprint density at radius 3 is 3.17 bits per heavy atom. The first kappa shape index (κ1) is 7.28. The molecule has 0 saturated carbocycles. The molecule has 0 unspecified atom stereocenters. The Bertz CT molecular complexity index is 333. The fourth-order valence-electron chi connectivity index (χ4n) is 1.25. The van der Waals surface area contributed by atoms with Gasteiger partial charge >= 0.3 is 5.97 Å². The first-order chi connectivity index (χ1) is 5.81. The number of aryl methyl sites for hydroxylation is 1. The van der Waals surface area contributed by atoms with Crippen LogP contribution in [0, 0.1) is 0 Å². The first-order valence-electron chi connectivity index (χ1n) is 3.97. The van der Waals surface area contributed by atoms with Gasteiger partial charge in [-0.15, -0.1) is 0 Å². The summed E-state index contributed by atoms with van der Waals surface area (Å²) >= 11 is 0. The molecule has 12 heavy (non-hydrogen) atoms. The molecular weight excluding hydrogens is 154 g/mol. The lowest BCUT2D eigenvalue weighted by Crippen LogP contribution is -1.96. The van der Waals surface area contributed by atoms with Gasteiger partial charge in [0.2, 0.25) is 0 Å². The van der Waals surface area contributed by atoms with Crippen LogP contribution in [0.15, 0.2) is 12.1 Å². The van der Waals surface area contributed by atoms with Gasteiger partial charge in [0, 0.05) is 5.69 Å². The topological polar surface area (TPSA) is 39.2 Å². The maximum atomic E-state index is 11.0. The number of cyclic esters (lactones) is 1. The van der Waals surface area contributed by atoms with Gasteiger partial charge in [-0.2, -0.15) is 0 Å². The van der Waals surface area contributed by atoms with E-state index in [-0.39, 0.29) is 5.97 Å². The van der Waals surface area contributed by atoms with Crippen LogP contribution in [0.3, 0.4) is 0 Å². The molecule has 1 aliphatic heterocycles. The maximum Gasteiger partial charge on any atom is 0.340 e. The van der Waals surface area contributed by atoms with Gasteiger partial charge in [-0.05, 0) is 18.6 Å². The van der Waals surface area contributed by atoms with Gasteiger partial charge in [-0.25, -0.2) is 4.79 Å². The molecule has 0 fully saturated rings. The summed E-state index contributed by atoms with van der Waals surface area (Å²) in [6.07, 6.45) is 0.890. The van der Waals surface area contributed by atoms with Gasteiger partial charge in [0.25, 0.3) is 0 Å². The SMILES string of the molecule is CCc1ccc2c(n1)COC2=O. The summed E-state index contributed by atoms with van der Waals surface area (Å²) in [5.41, 5.74) is 2.40. The third kappa shape index (κ3) is 0.978. The van der Waals surface area contributed by atoms with Gasteiger partial charge < -0.3 is 4.74 Å². The second kappa shape index (κ2) is 2.59. The molecular formula is C9H9NO2. The van der Waals surface area contributed by atoms with E-state index < -0.39 is 0 Å². The van der Waals surface area contributed by atoms with Crippen molar-refractivity contribution in [1.82, 2.24) is 4.98 Å². The van der Waals surface area contributed by atoms with E-state index >= 15 is 0 Å².